The van der Waals surface area contributed by atoms with Crippen molar-refractivity contribution in [1.82, 2.24) is 0 Å². The molecule has 0 aromatic rings. The van der Waals surface area contributed by atoms with Crippen LogP contribution in [0.1, 0.15) is 6.42 Å². The van der Waals surface area contributed by atoms with Gasteiger partial charge in [-0.3, -0.25) is 14.2 Å². The highest BCUT2D eigenvalue weighted by molar-refractivity contribution is 4.57. The Morgan fingerprint density at radius 2 is 1.25 bits per heavy atom. The van der Waals surface area contributed by atoms with Gasteiger partial charge in [0.05, 0.1) is 0 Å². The molecule has 0 aliphatic heterocycles. The number of rotatable bonds is 7. The van der Waals surface area contributed by atoms with E-state index in [9.17, 15) is 13.2 Å². The van der Waals surface area contributed by atoms with Crippen molar-refractivity contribution in [2.75, 3.05) is 20.6 Å². The van der Waals surface area contributed by atoms with Gasteiger partial charge in [0.25, 0.3) is 5.97 Å². The fourth-order valence-electron chi connectivity index (χ4n) is 0.591. The molecule has 12 heavy (non-hydrogen) atoms. The summed E-state index contributed by atoms with van der Waals surface area (Å²) in [5, 5.41) is 0. The summed E-state index contributed by atoms with van der Waals surface area (Å²) in [6.07, 6.45) is -0.259. The van der Waals surface area contributed by atoms with Crippen LogP contribution < -0.4 is 0 Å². The van der Waals surface area contributed by atoms with Gasteiger partial charge in [0.2, 0.25) is 0 Å². The molecule has 73 valence electrons. The second-order valence-electron chi connectivity index (χ2n) is 1.69. The lowest BCUT2D eigenvalue weighted by Gasteiger charge is -2.28. The molecule has 0 aromatic carbocycles. The fourth-order valence-corrected chi connectivity index (χ4v) is 0.591. The Labute approximate surface area is 68.4 Å². The minimum atomic E-state index is -2.04. The van der Waals surface area contributed by atoms with E-state index in [0.29, 0.717) is 0 Å². The second-order valence-corrected chi connectivity index (χ2v) is 1.69. The average Bonchev–Trinajstić information content (AvgIpc) is 2.06. The zero-order valence-electron chi connectivity index (χ0n) is 6.39. The van der Waals surface area contributed by atoms with E-state index in [1.54, 1.807) is 0 Å². The number of halogens is 3. The van der Waals surface area contributed by atoms with E-state index < -0.39 is 26.6 Å². The third-order valence-corrected chi connectivity index (χ3v) is 1.13. The Balaban J connectivity index is 4.06. The zero-order chi connectivity index (χ0) is 9.45. The predicted molar refractivity (Wildman–Crippen MR) is 33.9 cm³/mol. The molecule has 0 rings (SSSR count). The molecule has 0 spiro atoms. The Kier molecular flexibility index (Phi) is 6.04. The minimum Gasteiger partial charge on any atom is -0.295 e. The second kappa shape index (κ2) is 6.22. The Bertz CT molecular complexity index is 95.2. The fraction of sp³-hybridized carbons (Fsp3) is 0.833. The van der Waals surface area contributed by atoms with E-state index in [1.807, 2.05) is 0 Å². The zero-order valence-corrected chi connectivity index (χ0v) is 6.39. The molecule has 0 aliphatic rings. The van der Waals surface area contributed by atoms with E-state index >= 15 is 0 Å². The first-order valence-electron chi connectivity index (χ1n) is 3.13. The summed E-state index contributed by atoms with van der Waals surface area (Å²) in [5.41, 5.74) is 0. The third kappa shape index (κ3) is 3.38. The first kappa shape index (κ1) is 11.7. The first-order chi connectivity index (χ1) is 5.74. The van der Waals surface area contributed by atoms with Gasteiger partial charge in [-0.25, -0.2) is 13.2 Å². The monoisotopic (exact) mass is 187 g/mol. The van der Waals surface area contributed by atoms with Gasteiger partial charge in [-0.05, 0) is 6.92 Å². The SMILES string of the molecule is [CH2]CC(OCF)(OCF)OCF. The lowest BCUT2D eigenvalue weighted by Crippen LogP contribution is -2.38. The molecule has 0 unspecified atom stereocenters. The smallest absolute Gasteiger partial charge is 0.289 e. The molecule has 0 atom stereocenters. The van der Waals surface area contributed by atoms with Crippen LogP contribution in [0.3, 0.4) is 0 Å². The lowest BCUT2D eigenvalue weighted by molar-refractivity contribution is -0.403. The molecule has 0 aromatic heterocycles. The summed E-state index contributed by atoms with van der Waals surface area (Å²) >= 11 is 0. The van der Waals surface area contributed by atoms with Crippen molar-refractivity contribution in [3.63, 3.8) is 0 Å². The van der Waals surface area contributed by atoms with Crippen molar-refractivity contribution in [1.29, 1.82) is 0 Å². The van der Waals surface area contributed by atoms with Gasteiger partial charge in [0.1, 0.15) is 0 Å². The van der Waals surface area contributed by atoms with Crippen LogP contribution in [0.5, 0.6) is 0 Å². The van der Waals surface area contributed by atoms with Gasteiger partial charge in [-0.1, -0.05) is 0 Å². The van der Waals surface area contributed by atoms with Crippen molar-refractivity contribution < 1.29 is 27.4 Å². The summed E-state index contributed by atoms with van der Waals surface area (Å²) < 4.78 is 47.6. The molecular weight excluding hydrogens is 177 g/mol. The Morgan fingerprint density at radius 3 is 1.42 bits per heavy atom. The van der Waals surface area contributed by atoms with E-state index in [4.69, 9.17) is 0 Å². The van der Waals surface area contributed by atoms with E-state index in [2.05, 4.69) is 21.1 Å². The molecule has 6 heteroatoms. The van der Waals surface area contributed by atoms with Crippen LogP contribution in [0, 0.1) is 6.92 Å². The van der Waals surface area contributed by atoms with Crippen LogP contribution in [-0.4, -0.2) is 26.6 Å². The van der Waals surface area contributed by atoms with Gasteiger partial charge in [-0.15, -0.1) is 0 Å². The van der Waals surface area contributed by atoms with Crippen LogP contribution in [0.25, 0.3) is 0 Å². The highest BCUT2D eigenvalue weighted by Crippen LogP contribution is 2.19. The summed E-state index contributed by atoms with van der Waals surface area (Å²) in [6, 6.07) is 0. The van der Waals surface area contributed by atoms with Crippen LogP contribution in [-0.2, 0) is 14.2 Å². The van der Waals surface area contributed by atoms with Gasteiger partial charge < -0.3 is 0 Å². The van der Waals surface area contributed by atoms with Gasteiger partial charge >= 0.3 is 0 Å². The first-order valence-corrected chi connectivity index (χ1v) is 3.13. The number of hydrogen-bond acceptors (Lipinski definition) is 3. The molecule has 1 radical (unpaired) electrons. The summed E-state index contributed by atoms with van der Waals surface area (Å²) in [6.45, 7) is -0.566. The minimum absolute atomic E-state index is 0.259. The molecule has 0 saturated heterocycles. The van der Waals surface area contributed by atoms with E-state index in [-0.39, 0.29) is 6.42 Å². The van der Waals surface area contributed by atoms with Crippen molar-refractivity contribution in [2.24, 2.45) is 0 Å². The van der Waals surface area contributed by atoms with Crippen LogP contribution in [0.2, 0.25) is 0 Å². The molecule has 3 nitrogen and oxygen atoms in total. The summed E-state index contributed by atoms with van der Waals surface area (Å²) in [4.78, 5) is 0. The summed E-state index contributed by atoms with van der Waals surface area (Å²) in [7, 11) is 0. The van der Waals surface area contributed by atoms with Crippen molar-refractivity contribution in [3.05, 3.63) is 6.92 Å². The largest absolute Gasteiger partial charge is 0.295 e. The normalized spacial score (nSPS) is 12.0. The molecule has 0 heterocycles. The van der Waals surface area contributed by atoms with E-state index in [1.165, 1.54) is 0 Å². The van der Waals surface area contributed by atoms with Crippen molar-refractivity contribution in [3.8, 4) is 0 Å². The maximum atomic E-state index is 11.7. The molecule has 0 aliphatic carbocycles. The van der Waals surface area contributed by atoms with Crippen molar-refractivity contribution in [2.45, 2.75) is 12.4 Å². The van der Waals surface area contributed by atoms with Crippen LogP contribution in [0.4, 0.5) is 13.2 Å². The molecule has 0 saturated carbocycles. The maximum Gasteiger partial charge on any atom is 0.289 e. The number of hydrogen-bond donors (Lipinski definition) is 0. The number of ether oxygens (including phenoxy) is 3. The van der Waals surface area contributed by atoms with Gasteiger partial charge in [0, 0.05) is 6.42 Å². The topological polar surface area (TPSA) is 27.7 Å². The van der Waals surface area contributed by atoms with E-state index in [0.717, 1.165) is 0 Å². The predicted octanol–water partition coefficient (Wildman–Crippen LogP) is 1.70. The third-order valence-electron chi connectivity index (χ3n) is 1.13. The van der Waals surface area contributed by atoms with Crippen molar-refractivity contribution >= 4 is 0 Å². The molecule has 0 bridgehead atoms. The molecule has 0 fully saturated rings. The van der Waals surface area contributed by atoms with Gasteiger partial charge in [-0.2, -0.15) is 0 Å². The molecule has 0 N–H and O–H groups in total. The lowest BCUT2D eigenvalue weighted by atomic mass is 10.4. The maximum absolute atomic E-state index is 11.7. The van der Waals surface area contributed by atoms with Crippen LogP contribution in [0.15, 0.2) is 0 Å². The standard InChI is InChI=1S/C6H10F3O3/c1-2-6(10-3-7,11-4-8)12-5-9/h1-5H2. The highest BCUT2D eigenvalue weighted by Gasteiger charge is 2.32. The number of alkyl halides is 3. The average molecular weight is 187 g/mol. The molecular formula is C6H10F3O3. The Morgan fingerprint density at radius 1 is 0.917 bits per heavy atom. The quantitative estimate of drug-likeness (QED) is 0.567. The molecule has 0 amide bonds. The highest BCUT2D eigenvalue weighted by atomic mass is 19.1. The Hall–Kier alpha value is -0.330. The summed E-state index contributed by atoms with van der Waals surface area (Å²) in [5.74, 6) is -2.04. The van der Waals surface area contributed by atoms with Gasteiger partial charge in [0.15, 0.2) is 20.6 Å². The van der Waals surface area contributed by atoms with Crippen LogP contribution >= 0.6 is 0 Å².